The van der Waals surface area contributed by atoms with Crippen molar-refractivity contribution in [2.75, 3.05) is 0 Å². The molecule has 1 aromatic heterocycles. The van der Waals surface area contributed by atoms with Gasteiger partial charge in [-0.05, 0) is 43.2 Å². The van der Waals surface area contributed by atoms with E-state index in [-0.39, 0.29) is 5.78 Å². The maximum absolute atomic E-state index is 12.4. The Morgan fingerprint density at radius 3 is 2.56 bits per heavy atom. The zero-order chi connectivity index (χ0) is 13.3. The Hall–Kier alpha value is -0.450. The van der Waals surface area contributed by atoms with Crippen molar-refractivity contribution in [1.82, 2.24) is 0 Å². The van der Waals surface area contributed by atoms with E-state index >= 15 is 0 Å². The molecule has 0 radical (unpaired) electrons. The van der Waals surface area contributed by atoms with E-state index in [1.54, 1.807) is 11.3 Å². The molecule has 1 nitrogen and oxygen atoms in total. The Morgan fingerprint density at radius 1 is 1.22 bits per heavy atom. The molecule has 2 rings (SSSR count). The number of aryl methyl sites for hydroxylation is 2. The van der Waals surface area contributed by atoms with Crippen LogP contribution in [0.2, 0.25) is 0 Å². The van der Waals surface area contributed by atoms with Crippen LogP contribution in [0.5, 0.6) is 0 Å². The molecule has 1 aromatic carbocycles. The van der Waals surface area contributed by atoms with Crippen LogP contribution in [-0.4, -0.2) is 5.78 Å². The lowest BCUT2D eigenvalue weighted by atomic mass is 10.1. The van der Waals surface area contributed by atoms with Gasteiger partial charge in [-0.1, -0.05) is 38.8 Å². The molecule has 0 N–H and O–H groups in total. The number of hydrogen-bond donors (Lipinski definition) is 0. The van der Waals surface area contributed by atoms with E-state index in [1.807, 2.05) is 31.2 Å². The minimum Gasteiger partial charge on any atom is -0.288 e. The first-order chi connectivity index (χ1) is 8.52. The van der Waals surface area contributed by atoms with Gasteiger partial charge < -0.3 is 0 Å². The van der Waals surface area contributed by atoms with Crippen LogP contribution in [0.3, 0.4) is 0 Å². The zero-order valence-electron chi connectivity index (χ0n) is 10.1. The number of carbonyl (C=O) groups excluding carboxylic acids is 1. The van der Waals surface area contributed by atoms with Crippen LogP contribution < -0.4 is 0 Å². The van der Waals surface area contributed by atoms with Crippen molar-refractivity contribution >= 4 is 49.0 Å². The highest BCUT2D eigenvalue weighted by molar-refractivity contribution is 9.11. The van der Waals surface area contributed by atoms with Crippen LogP contribution in [0, 0.1) is 6.92 Å². The van der Waals surface area contributed by atoms with Gasteiger partial charge in [0.1, 0.15) is 0 Å². The first-order valence-corrected chi connectivity index (χ1v) is 8.02. The van der Waals surface area contributed by atoms with Crippen molar-refractivity contribution in [3.8, 4) is 0 Å². The Bertz CT molecular complexity index is 602. The zero-order valence-corrected chi connectivity index (χ0v) is 14.1. The fourth-order valence-corrected chi connectivity index (χ4v) is 3.53. The fourth-order valence-electron chi connectivity index (χ4n) is 1.64. The molecule has 18 heavy (non-hydrogen) atoms. The molecule has 4 heteroatoms. The summed E-state index contributed by atoms with van der Waals surface area (Å²) in [7, 11) is 0. The SMILES string of the molecule is CCc1ccc(C(=O)c2cc(Br)c(C)cc2Br)s1. The molecule has 0 saturated heterocycles. The number of thiophene rings is 1. The van der Waals surface area contributed by atoms with Crippen molar-refractivity contribution in [2.24, 2.45) is 0 Å². The van der Waals surface area contributed by atoms with Crippen molar-refractivity contribution in [3.05, 3.63) is 54.1 Å². The lowest BCUT2D eigenvalue weighted by molar-refractivity contribution is 0.104. The summed E-state index contributed by atoms with van der Waals surface area (Å²) in [4.78, 5) is 14.5. The standard InChI is InChI=1S/C14H12Br2OS/c1-3-9-4-5-13(18-9)14(17)10-7-11(15)8(2)6-12(10)16/h4-7H,3H2,1-2H3. The second kappa shape index (κ2) is 5.68. The molecule has 1 heterocycles. The second-order valence-electron chi connectivity index (χ2n) is 4.03. The summed E-state index contributed by atoms with van der Waals surface area (Å²) in [5, 5.41) is 0. The van der Waals surface area contributed by atoms with Crippen LogP contribution in [0.25, 0.3) is 0 Å². The first-order valence-electron chi connectivity index (χ1n) is 5.62. The molecule has 0 aliphatic heterocycles. The molecule has 0 fully saturated rings. The summed E-state index contributed by atoms with van der Waals surface area (Å²) in [6, 6.07) is 7.78. The average molecular weight is 388 g/mol. The van der Waals surface area contributed by atoms with Gasteiger partial charge in [0.25, 0.3) is 0 Å². The van der Waals surface area contributed by atoms with Gasteiger partial charge in [-0.15, -0.1) is 11.3 Å². The van der Waals surface area contributed by atoms with Gasteiger partial charge >= 0.3 is 0 Å². The molecule has 0 saturated carbocycles. The predicted molar refractivity (Wildman–Crippen MR) is 83.7 cm³/mol. The molecule has 0 unspecified atom stereocenters. The van der Waals surface area contributed by atoms with Gasteiger partial charge in [0, 0.05) is 19.4 Å². The summed E-state index contributed by atoms with van der Waals surface area (Å²) in [5.41, 5.74) is 1.82. The monoisotopic (exact) mass is 386 g/mol. The molecule has 0 amide bonds. The Kier molecular flexibility index (Phi) is 4.41. The third-order valence-corrected chi connectivity index (χ3v) is 5.47. The number of ketones is 1. The Balaban J connectivity index is 2.42. The van der Waals surface area contributed by atoms with E-state index in [0.717, 1.165) is 25.8 Å². The maximum Gasteiger partial charge on any atom is 0.204 e. The predicted octanol–water partition coefficient (Wildman–Crippen LogP) is 5.37. The van der Waals surface area contributed by atoms with Gasteiger partial charge in [0.2, 0.25) is 5.78 Å². The minimum atomic E-state index is 0.0762. The van der Waals surface area contributed by atoms with E-state index in [4.69, 9.17) is 0 Å². The molecule has 2 aromatic rings. The number of carbonyl (C=O) groups is 1. The second-order valence-corrected chi connectivity index (χ2v) is 6.91. The van der Waals surface area contributed by atoms with Crippen molar-refractivity contribution in [1.29, 1.82) is 0 Å². The number of rotatable bonds is 3. The summed E-state index contributed by atoms with van der Waals surface area (Å²) < 4.78 is 1.81. The lowest BCUT2D eigenvalue weighted by Crippen LogP contribution is -2.00. The number of hydrogen-bond acceptors (Lipinski definition) is 2. The third-order valence-electron chi connectivity index (χ3n) is 2.73. The molecule has 94 valence electrons. The van der Waals surface area contributed by atoms with E-state index < -0.39 is 0 Å². The normalized spacial score (nSPS) is 10.7. The number of halogens is 2. The first kappa shape index (κ1) is 14.0. The molecular formula is C14H12Br2OS. The fraction of sp³-hybridized carbons (Fsp3) is 0.214. The van der Waals surface area contributed by atoms with E-state index in [1.165, 1.54) is 4.88 Å². The van der Waals surface area contributed by atoms with Gasteiger partial charge in [-0.25, -0.2) is 0 Å². The maximum atomic E-state index is 12.4. The highest BCUT2D eigenvalue weighted by Crippen LogP contribution is 2.29. The third kappa shape index (κ3) is 2.76. The molecule has 0 spiro atoms. The number of benzene rings is 1. The summed E-state index contributed by atoms with van der Waals surface area (Å²) in [6.07, 6.45) is 0.969. The topological polar surface area (TPSA) is 17.1 Å². The molecular weight excluding hydrogens is 376 g/mol. The summed E-state index contributed by atoms with van der Waals surface area (Å²) in [5.74, 6) is 0.0762. The van der Waals surface area contributed by atoms with Crippen LogP contribution in [0.4, 0.5) is 0 Å². The summed E-state index contributed by atoms with van der Waals surface area (Å²) in [6.45, 7) is 4.10. The smallest absolute Gasteiger partial charge is 0.204 e. The van der Waals surface area contributed by atoms with E-state index in [2.05, 4.69) is 38.8 Å². The van der Waals surface area contributed by atoms with Crippen LogP contribution in [0.1, 0.15) is 32.6 Å². The van der Waals surface area contributed by atoms with Crippen molar-refractivity contribution in [2.45, 2.75) is 20.3 Å². The lowest BCUT2D eigenvalue weighted by Gasteiger charge is -2.05. The Labute approximate surface area is 127 Å². The van der Waals surface area contributed by atoms with Crippen LogP contribution in [0.15, 0.2) is 33.2 Å². The average Bonchev–Trinajstić information content (AvgIpc) is 2.81. The highest BCUT2D eigenvalue weighted by atomic mass is 79.9. The molecule has 0 bridgehead atoms. The van der Waals surface area contributed by atoms with Crippen LogP contribution >= 0.6 is 43.2 Å². The van der Waals surface area contributed by atoms with Crippen molar-refractivity contribution in [3.63, 3.8) is 0 Å². The molecule has 0 atom stereocenters. The van der Waals surface area contributed by atoms with Crippen LogP contribution in [-0.2, 0) is 6.42 Å². The van der Waals surface area contributed by atoms with E-state index in [9.17, 15) is 4.79 Å². The van der Waals surface area contributed by atoms with Gasteiger partial charge in [0.15, 0.2) is 0 Å². The molecule has 0 aliphatic carbocycles. The largest absolute Gasteiger partial charge is 0.288 e. The summed E-state index contributed by atoms with van der Waals surface area (Å²) >= 11 is 8.51. The van der Waals surface area contributed by atoms with Gasteiger partial charge in [-0.2, -0.15) is 0 Å². The van der Waals surface area contributed by atoms with Gasteiger partial charge in [-0.3, -0.25) is 4.79 Å². The highest BCUT2D eigenvalue weighted by Gasteiger charge is 2.16. The van der Waals surface area contributed by atoms with Gasteiger partial charge in [0.05, 0.1) is 4.88 Å². The molecule has 0 aliphatic rings. The minimum absolute atomic E-state index is 0.0762. The Morgan fingerprint density at radius 2 is 1.94 bits per heavy atom. The van der Waals surface area contributed by atoms with Crippen molar-refractivity contribution < 1.29 is 4.79 Å². The van der Waals surface area contributed by atoms with E-state index in [0.29, 0.717) is 5.56 Å². The quantitative estimate of drug-likeness (QED) is 0.646.